The van der Waals surface area contributed by atoms with Crippen molar-refractivity contribution < 1.29 is 4.74 Å². The van der Waals surface area contributed by atoms with E-state index in [1.165, 1.54) is 0 Å². The van der Waals surface area contributed by atoms with Crippen LogP contribution in [0.1, 0.15) is 19.7 Å². The van der Waals surface area contributed by atoms with E-state index in [1.54, 1.807) is 6.20 Å². The number of nitrogens with zero attached hydrogens (tertiary/aromatic N) is 2. The predicted molar refractivity (Wildman–Crippen MR) is 47.6 cm³/mol. The molecular weight excluding hydrogens is 154 g/mol. The quantitative estimate of drug-likeness (QED) is 0.732. The average molecular weight is 169 g/mol. The summed E-state index contributed by atoms with van der Waals surface area (Å²) in [6, 6.07) is 0. The number of rotatable bonds is 4. The van der Waals surface area contributed by atoms with Crippen molar-refractivity contribution in [1.29, 1.82) is 0 Å². The maximum Gasteiger partial charge on any atom is 0.136 e. The van der Waals surface area contributed by atoms with Gasteiger partial charge in [-0.3, -0.25) is 0 Å². The van der Waals surface area contributed by atoms with E-state index in [2.05, 4.69) is 4.98 Å². The van der Waals surface area contributed by atoms with Crippen molar-refractivity contribution in [2.45, 2.75) is 27.0 Å². The fourth-order valence-electron chi connectivity index (χ4n) is 1.10. The number of hydrogen-bond donors (Lipinski definition) is 1. The highest BCUT2D eigenvalue weighted by Gasteiger charge is 2.04. The molecule has 0 bridgehead atoms. The van der Waals surface area contributed by atoms with Crippen LogP contribution in [0.15, 0.2) is 6.20 Å². The molecule has 0 amide bonds. The van der Waals surface area contributed by atoms with Crippen molar-refractivity contribution in [2.75, 3.05) is 12.3 Å². The number of nitrogens with two attached hydrogens (primary N) is 1. The highest BCUT2D eigenvalue weighted by atomic mass is 16.5. The number of nitrogen functional groups attached to an aromatic ring is 1. The van der Waals surface area contributed by atoms with Crippen LogP contribution in [0.5, 0.6) is 0 Å². The molecule has 0 saturated carbocycles. The normalized spacial score (nSPS) is 10.5. The van der Waals surface area contributed by atoms with Crippen LogP contribution in [0.25, 0.3) is 0 Å². The lowest BCUT2D eigenvalue weighted by Gasteiger charge is -2.05. The van der Waals surface area contributed by atoms with E-state index in [4.69, 9.17) is 10.5 Å². The van der Waals surface area contributed by atoms with Gasteiger partial charge in [0.25, 0.3) is 0 Å². The van der Waals surface area contributed by atoms with Gasteiger partial charge in [0.1, 0.15) is 18.2 Å². The molecule has 12 heavy (non-hydrogen) atoms. The van der Waals surface area contributed by atoms with E-state index in [0.29, 0.717) is 19.0 Å². The number of imidazole rings is 1. The molecule has 0 saturated heterocycles. The van der Waals surface area contributed by atoms with E-state index < -0.39 is 0 Å². The van der Waals surface area contributed by atoms with Crippen molar-refractivity contribution in [1.82, 2.24) is 9.55 Å². The molecule has 0 radical (unpaired) electrons. The second kappa shape index (κ2) is 4.11. The summed E-state index contributed by atoms with van der Waals surface area (Å²) in [4.78, 5) is 4.14. The smallest absolute Gasteiger partial charge is 0.136 e. The molecule has 1 rings (SSSR count). The molecule has 0 spiro atoms. The molecule has 4 heteroatoms. The fraction of sp³-hybridized carbons (Fsp3) is 0.625. The first-order chi connectivity index (χ1) is 5.79. The van der Waals surface area contributed by atoms with Crippen molar-refractivity contribution >= 4 is 5.82 Å². The van der Waals surface area contributed by atoms with Crippen molar-refractivity contribution in [3.05, 3.63) is 12.0 Å². The van der Waals surface area contributed by atoms with Gasteiger partial charge in [0.05, 0.1) is 6.20 Å². The summed E-state index contributed by atoms with van der Waals surface area (Å²) < 4.78 is 7.18. The first-order valence-electron chi connectivity index (χ1n) is 4.17. The summed E-state index contributed by atoms with van der Waals surface area (Å²) in [7, 11) is 0. The van der Waals surface area contributed by atoms with Gasteiger partial charge in [0.2, 0.25) is 0 Å². The Balaban J connectivity index is 2.70. The van der Waals surface area contributed by atoms with Gasteiger partial charge < -0.3 is 15.0 Å². The molecule has 2 N–H and O–H groups in total. The van der Waals surface area contributed by atoms with Gasteiger partial charge >= 0.3 is 0 Å². The van der Waals surface area contributed by atoms with Crippen LogP contribution in [0, 0.1) is 0 Å². The highest BCUT2D eigenvalue weighted by molar-refractivity contribution is 5.27. The van der Waals surface area contributed by atoms with E-state index in [1.807, 2.05) is 18.4 Å². The predicted octanol–water partition coefficient (Wildman–Crippen LogP) is 1.02. The van der Waals surface area contributed by atoms with Crippen LogP contribution < -0.4 is 5.73 Å². The number of anilines is 1. The van der Waals surface area contributed by atoms with Crippen molar-refractivity contribution in [3.63, 3.8) is 0 Å². The third-order valence-electron chi connectivity index (χ3n) is 1.72. The molecule has 1 aromatic heterocycles. The summed E-state index contributed by atoms with van der Waals surface area (Å²) >= 11 is 0. The zero-order valence-electron chi connectivity index (χ0n) is 7.58. The Hall–Kier alpha value is -1.03. The molecule has 0 unspecified atom stereocenters. The number of aromatic nitrogens is 2. The Morgan fingerprint density at radius 2 is 2.33 bits per heavy atom. The summed E-state index contributed by atoms with van der Waals surface area (Å²) in [5, 5.41) is 0. The van der Waals surface area contributed by atoms with Crippen LogP contribution in [-0.2, 0) is 17.9 Å². The first-order valence-corrected chi connectivity index (χ1v) is 4.17. The zero-order chi connectivity index (χ0) is 8.97. The Morgan fingerprint density at radius 3 is 2.92 bits per heavy atom. The lowest BCUT2D eigenvalue weighted by atomic mass is 10.6. The van der Waals surface area contributed by atoms with Gasteiger partial charge in [-0.25, -0.2) is 4.98 Å². The zero-order valence-corrected chi connectivity index (χ0v) is 7.58. The third-order valence-corrected chi connectivity index (χ3v) is 1.72. The maximum absolute atomic E-state index is 5.67. The van der Waals surface area contributed by atoms with Crippen LogP contribution in [-0.4, -0.2) is 16.2 Å². The van der Waals surface area contributed by atoms with Crippen LogP contribution in [0.3, 0.4) is 0 Å². The standard InChI is InChI=1S/C8H15N3O/c1-3-11-7(9)5-10-8(11)6-12-4-2/h5H,3-4,6,9H2,1-2H3. The van der Waals surface area contributed by atoms with Gasteiger partial charge in [-0.05, 0) is 13.8 Å². The third kappa shape index (κ3) is 1.76. The maximum atomic E-state index is 5.67. The molecule has 0 aliphatic carbocycles. The molecule has 0 aliphatic rings. The summed E-state index contributed by atoms with van der Waals surface area (Å²) in [6.07, 6.45) is 1.66. The fourth-order valence-corrected chi connectivity index (χ4v) is 1.10. The minimum Gasteiger partial charge on any atom is -0.384 e. The Morgan fingerprint density at radius 1 is 1.58 bits per heavy atom. The van der Waals surface area contributed by atoms with E-state index in [0.717, 1.165) is 12.4 Å². The van der Waals surface area contributed by atoms with E-state index in [-0.39, 0.29) is 0 Å². The molecule has 0 aliphatic heterocycles. The van der Waals surface area contributed by atoms with Gasteiger partial charge in [0, 0.05) is 13.2 Å². The average Bonchev–Trinajstić information content (AvgIpc) is 2.43. The minimum atomic E-state index is 0.543. The van der Waals surface area contributed by atoms with Gasteiger partial charge in [-0.15, -0.1) is 0 Å². The minimum absolute atomic E-state index is 0.543. The second-order valence-corrected chi connectivity index (χ2v) is 2.48. The molecule has 0 aromatic carbocycles. The molecule has 68 valence electrons. The monoisotopic (exact) mass is 169 g/mol. The Kier molecular flexibility index (Phi) is 3.10. The van der Waals surface area contributed by atoms with E-state index in [9.17, 15) is 0 Å². The molecule has 4 nitrogen and oxygen atoms in total. The first kappa shape index (κ1) is 9.06. The largest absolute Gasteiger partial charge is 0.384 e. The molecule has 0 fully saturated rings. The molecule has 1 aromatic rings. The molecular formula is C8H15N3O. The van der Waals surface area contributed by atoms with Gasteiger partial charge in [0.15, 0.2) is 0 Å². The van der Waals surface area contributed by atoms with Crippen LogP contribution >= 0.6 is 0 Å². The van der Waals surface area contributed by atoms with Gasteiger partial charge in [-0.1, -0.05) is 0 Å². The van der Waals surface area contributed by atoms with Gasteiger partial charge in [-0.2, -0.15) is 0 Å². The van der Waals surface area contributed by atoms with Crippen LogP contribution in [0.4, 0.5) is 5.82 Å². The van der Waals surface area contributed by atoms with Crippen molar-refractivity contribution in [3.8, 4) is 0 Å². The number of ether oxygens (including phenoxy) is 1. The SMILES string of the molecule is CCOCc1ncc(N)n1CC. The lowest BCUT2D eigenvalue weighted by molar-refractivity contribution is 0.126. The summed E-state index contributed by atoms with van der Waals surface area (Å²) in [5.41, 5.74) is 5.67. The Labute approximate surface area is 72.3 Å². The molecule has 0 atom stereocenters. The lowest BCUT2D eigenvalue weighted by Crippen LogP contribution is -2.06. The summed E-state index contributed by atoms with van der Waals surface area (Å²) in [6.45, 7) is 6.09. The topological polar surface area (TPSA) is 53.1 Å². The Bertz CT molecular complexity index is 244. The van der Waals surface area contributed by atoms with E-state index >= 15 is 0 Å². The van der Waals surface area contributed by atoms with Crippen molar-refractivity contribution in [2.24, 2.45) is 0 Å². The van der Waals surface area contributed by atoms with Crippen LogP contribution in [0.2, 0.25) is 0 Å². The number of hydrogen-bond acceptors (Lipinski definition) is 3. The summed E-state index contributed by atoms with van der Waals surface area (Å²) in [5.74, 6) is 1.60. The highest BCUT2D eigenvalue weighted by Crippen LogP contribution is 2.07. The second-order valence-electron chi connectivity index (χ2n) is 2.48. The molecule has 1 heterocycles.